The van der Waals surface area contributed by atoms with E-state index in [1.165, 1.54) is 42.0 Å². The number of carbonyl (C=O) groups is 2. The molecule has 0 bridgehead atoms. The van der Waals surface area contributed by atoms with Gasteiger partial charge in [-0.1, -0.05) is 47.0 Å². The number of aryl methyl sites for hydroxylation is 1. The second kappa shape index (κ2) is 8.72. The van der Waals surface area contributed by atoms with Crippen molar-refractivity contribution in [3.8, 4) is 11.8 Å². The summed E-state index contributed by atoms with van der Waals surface area (Å²) in [5.41, 5.74) is 1.30. The minimum atomic E-state index is -0.918. The average Bonchev–Trinajstić information content (AvgIpc) is 2.96. The zero-order valence-electron chi connectivity index (χ0n) is 16.7. The van der Waals surface area contributed by atoms with Crippen LogP contribution in [0.4, 0.5) is 0 Å². The van der Waals surface area contributed by atoms with E-state index in [-0.39, 0.29) is 32.7 Å². The van der Waals surface area contributed by atoms with Gasteiger partial charge in [-0.05, 0) is 44.6 Å². The quantitative estimate of drug-likeness (QED) is 0.498. The van der Waals surface area contributed by atoms with Crippen LogP contribution in [-0.4, -0.2) is 21.3 Å². The molecule has 0 radical (unpaired) electrons. The van der Waals surface area contributed by atoms with E-state index >= 15 is 0 Å². The van der Waals surface area contributed by atoms with Crippen LogP contribution in [0.15, 0.2) is 45.8 Å². The second-order valence-corrected chi connectivity index (χ2v) is 8.26. The summed E-state index contributed by atoms with van der Waals surface area (Å²) in [4.78, 5) is 37.5. The summed E-state index contributed by atoms with van der Waals surface area (Å²) in [5, 5.41) is 12.9. The first kappa shape index (κ1) is 22.8. The van der Waals surface area contributed by atoms with Crippen LogP contribution in [0.25, 0.3) is 11.8 Å². The molecule has 0 saturated carbocycles. The first-order valence-electron chi connectivity index (χ1n) is 9.13. The lowest BCUT2D eigenvalue weighted by Gasteiger charge is -2.19. The molecule has 1 aliphatic rings. The third-order valence-electron chi connectivity index (χ3n) is 5.04. The van der Waals surface area contributed by atoms with Crippen molar-refractivity contribution < 1.29 is 9.59 Å². The van der Waals surface area contributed by atoms with Crippen LogP contribution in [0.3, 0.4) is 0 Å². The molecule has 1 aromatic carbocycles. The Bertz CT molecular complexity index is 1300. The largest absolute Gasteiger partial charge is 0.295 e. The Morgan fingerprint density at radius 1 is 1.10 bits per heavy atom. The molecule has 3 rings (SSSR count). The molecule has 6 nitrogen and oxygen atoms in total. The van der Waals surface area contributed by atoms with Crippen LogP contribution in [0.5, 0.6) is 0 Å². The van der Waals surface area contributed by atoms with Crippen molar-refractivity contribution in [3.63, 3.8) is 0 Å². The first-order valence-corrected chi connectivity index (χ1v) is 10.3. The third kappa shape index (κ3) is 4.05. The van der Waals surface area contributed by atoms with E-state index in [2.05, 4.69) is 5.10 Å². The fourth-order valence-electron chi connectivity index (χ4n) is 3.32. The molecule has 31 heavy (non-hydrogen) atoms. The molecule has 9 heteroatoms. The first-order chi connectivity index (χ1) is 14.6. The maximum Gasteiger partial charge on any atom is 0.278 e. The minimum absolute atomic E-state index is 0.0287. The number of hydrogen-bond donors (Lipinski definition) is 1. The number of aromatic nitrogens is 2. The van der Waals surface area contributed by atoms with Gasteiger partial charge in [-0.3, -0.25) is 19.5 Å². The summed E-state index contributed by atoms with van der Waals surface area (Å²) in [6, 6.07) is 4.82. The highest BCUT2D eigenvalue weighted by atomic mass is 35.5. The SMILES string of the molecule is CC1=C(C#N)C(=O)C(C)C(=O)/C1=C\C=Cc1c(C)[nH]n(-c2c(Cl)cc(Cl)cc2Cl)c1=O. The topological polar surface area (TPSA) is 95.7 Å². The molecule has 158 valence electrons. The maximum atomic E-state index is 12.9. The number of rotatable bonds is 3. The van der Waals surface area contributed by atoms with Crippen LogP contribution in [-0.2, 0) is 9.59 Å². The van der Waals surface area contributed by atoms with Gasteiger partial charge in [-0.25, -0.2) is 4.68 Å². The normalized spacial score (nSPS) is 18.4. The van der Waals surface area contributed by atoms with Crippen LogP contribution in [0, 0.1) is 24.2 Å². The summed E-state index contributed by atoms with van der Waals surface area (Å²) in [6.45, 7) is 4.73. The van der Waals surface area contributed by atoms with Gasteiger partial charge in [0, 0.05) is 16.3 Å². The van der Waals surface area contributed by atoms with E-state index in [1.54, 1.807) is 13.8 Å². The smallest absolute Gasteiger partial charge is 0.278 e. The molecule has 2 aromatic rings. The van der Waals surface area contributed by atoms with Gasteiger partial charge in [-0.15, -0.1) is 0 Å². The van der Waals surface area contributed by atoms with Crippen molar-refractivity contribution in [2.45, 2.75) is 20.8 Å². The Hall–Kier alpha value is -2.85. The van der Waals surface area contributed by atoms with Gasteiger partial charge in [0.25, 0.3) is 5.56 Å². The van der Waals surface area contributed by atoms with Gasteiger partial charge in [0.15, 0.2) is 11.6 Å². The predicted octanol–water partition coefficient (Wildman–Crippen LogP) is 5.00. The highest BCUT2D eigenvalue weighted by Gasteiger charge is 2.34. The van der Waals surface area contributed by atoms with E-state index < -0.39 is 17.3 Å². The monoisotopic (exact) mass is 475 g/mol. The molecule has 1 N–H and O–H groups in total. The zero-order chi connectivity index (χ0) is 23.0. The number of halogens is 3. The van der Waals surface area contributed by atoms with Gasteiger partial charge in [-0.2, -0.15) is 5.26 Å². The second-order valence-electron chi connectivity index (χ2n) is 7.01. The molecule has 0 saturated heterocycles. The number of nitrogens with zero attached hydrogens (tertiary/aromatic N) is 2. The standard InChI is InChI=1S/C22H16Cl3N3O3/c1-10-14(20(29)11(2)21(30)16(10)9-26)5-4-6-15-12(3)27-28(22(15)31)19-17(24)7-13(23)8-18(19)25/h4-8,11,27H,1-3H3/b6-4?,14-5-. The number of allylic oxidation sites excluding steroid dienone is 5. The fourth-order valence-corrected chi connectivity index (χ4v) is 4.31. The van der Waals surface area contributed by atoms with E-state index in [9.17, 15) is 19.6 Å². The highest BCUT2D eigenvalue weighted by Crippen LogP contribution is 2.31. The lowest BCUT2D eigenvalue weighted by molar-refractivity contribution is -0.128. The van der Waals surface area contributed by atoms with Crippen molar-refractivity contribution in [1.29, 1.82) is 5.26 Å². The zero-order valence-corrected chi connectivity index (χ0v) is 19.0. The maximum absolute atomic E-state index is 12.9. The molecule has 0 aliphatic heterocycles. The Labute approximate surface area is 193 Å². The molecular formula is C22H16Cl3N3O3. The number of Topliss-reactive ketones (excluding diaryl/α,β-unsaturated/α-hetero) is 2. The van der Waals surface area contributed by atoms with Crippen molar-refractivity contribution in [2.75, 3.05) is 0 Å². The number of aromatic amines is 1. The Balaban J connectivity index is 2.05. The van der Waals surface area contributed by atoms with Gasteiger partial charge < -0.3 is 0 Å². The number of nitrogens with one attached hydrogen (secondary N) is 1. The highest BCUT2D eigenvalue weighted by molar-refractivity contribution is 6.40. The Morgan fingerprint density at radius 2 is 1.71 bits per heavy atom. The average molecular weight is 477 g/mol. The van der Waals surface area contributed by atoms with Gasteiger partial charge in [0.05, 0.1) is 27.1 Å². The molecule has 1 atom stereocenters. The summed E-state index contributed by atoms with van der Waals surface area (Å²) in [7, 11) is 0. The lowest BCUT2D eigenvalue weighted by Crippen LogP contribution is -2.29. The fraction of sp³-hybridized carbons (Fsp3) is 0.182. The molecule has 1 unspecified atom stereocenters. The number of H-pyrrole nitrogens is 1. The third-order valence-corrected chi connectivity index (χ3v) is 5.83. The van der Waals surface area contributed by atoms with Crippen LogP contribution in [0.1, 0.15) is 25.1 Å². The molecule has 0 spiro atoms. The van der Waals surface area contributed by atoms with Gasteiger partial charge >= 0.3 is 0 Å². The summed E-state index contributed by atoms with van der Waals surface area (Å²) in [6.07, 6.45) is 4.56. The number of hydrogen-bond acceptors (Lipinski definition) is 4. The Morgan fingerprint density at radius 3 is 2.29 bits per heavy atom. The number of ketones is 2. The van der Waals surface area contributed by atoms with E-state index in [4.69, 9.17) is 34.8 Å². The number of benzene rings is 1. The van der Waals surface area contributed by atoms with Gasteiger partial charge in [0.2, 0.25) is 0 Å². The van der Waals surface area contributed by atoms with Gasteiger partial charge in [0.1, 0.15) is 11.8 Å². The summed E-state index contributed by atoms with van der Waals surface area (Å²) >= 11 is 18.4. The van der Waals surface area contributed by atoms with Crippen LogP contribution < -0.4 is 5.56 Å². The van der Waals surface area contributed by atoms with Crippen molar-refractivity contribution in [1.82, 2.24) is 9.78 Å². The number of carbonyl (C=O) groups excluding carboxylic acids is 2. The van der Waals surface area contributed by atoms with E-state index in [0.717, 1.165) is 0 Å². The Kier molecular flexibility index (Phi) is 6.42. The number of nitriles is 1. The summed E-state index contributed by atoms with van der Waals surface area (Å²) < 4.78 is 1.22. The van der Waals surface area contributed by atoms with Crippen molar-refractivity contribution >= 4 is 52.4 Å². The van der Waals surface area contributed by atoms with Crippen LogP contribution in [0.2, 0.25) is 15.1 Å². The van der Waals surface area contributed by atoms with Crippen LogP contribution >= 0.6 is 34.8 Å². The molecule has 0 amide bonds. The molecule has 0 fully saturated rings. The molecular weight excluding hydrogens is 461 g/mol. The van der Waals surface area contributed by atoms with E-state index in [1.807, 2.05) is 6.07 Å². The van der Waals surface area contributed by atoms with Crippen molar-refractivity contribution in [2.24, 2.45) is 5.92 Å². The molecule has 1 aromatic heterocycles. The predicted molar refractivity (Wildman–Crippen MR) is 121 cm³/mol. The summed E-state index contributed by atoms with van der Waals surface area (Å²) in [5.74, 6) is -1.76. The lowest BCUT2D eigenvalue weighted by atomic mass is 9.80. The van der Waals surface area contributed by atoms with E-state index in [0.29, 0.717) is 21.9 Å². The van der Waals surface area contributed by atoms with Crippen molar-refractivity contribution in [3.05, 3.63) is 77.7 Å². The molecule has 1 heterocycles. The minimum Gasteiger partial charge on any atom is -0.295 e. The molecule has 1 aliphatic carbocycles.